The summed E-state index contributed by atoms with van der Waals surface area (Å²) in [4.78, 5) is 15.0. The zero-order valence-electron chi connectivity index (χ0n) is 20.2. The maximum absolute atomic E-state index is 14.5. The second-order valence-corrected chi connectivity index (χ2v) is 10.0. The molecule has 0 spiro atoms. The van der Waals surface area contributed by atoms with Gasteiger partial charge in [0.05, 0.1) is 30.6 Å². The molecule has 9 heteroatoms. The maximum atomic E-state index is 14.5. The number of morpholine rings is 1. The Bertz CT molecular complexity index is 1110. The van der Waals surface area contributed by atoms with Crippen molar-refractivity contribution in [3.05, 3.63) is 66.0 Å². The minimum absolute atomic E-state index is 0.00848. The Morgan fingerprint density at radius 1 is 1.17 bits per heavy atom. The Morgan fingerprint density at radius 3 is 2.71 bits per heavy atom. The number of thioether (sulfide) groups is 1. The van der Waals surface area contributed by atoms with Crippen molar-refractivity contribution in [2.24, 2.45) is 5.92 Å². The average Bonchev–Trinajstić information content (AvgIpc) is 3.24. The zero-order valence-corrected chi connectivity index (χ0v) is 21.0. The number of ether oxygens (including phenoxy) is 1. The average molecular weight is 498 g/mol. The highest BCUT2D eigenvalue weighted by Crippen LogP contribution is 2.27. The smallest absolute Gasteiger partial charge is 0.230 e. The summed E-state index contributed by atoms with van der Waals surface area (Å²) in [7, 11) is 0. The molecule has 1 N–H and O–H groups in total. The normalized spacial score (nSPS) is 16.5. The summed E-state index contributed by atoms with van der Waals surface area (Å²) in [6.45, 7) is 8.83. The first-order valence-electron chi connectivity index (χ1n) is 11.9. The van der Waals surface area contributed by atoms with Crippen molar-refractivity contribution in [3.8, 4) is 11.4 Å². The number of rotatable bonds is 10. The summed E-state index contributed by atoms with van der Waals surface area (Å²) >= 11 is 1.29. The number of nitrogens with zero attached hydrogens (tertiary/aromatic N) is 4. The largest absolute Gasteiger partial charge is 0.374 e. The molecule has 1 fully saturated rings. The van der Waals surface area contributed by atoms with Crippen molar-refractivity contribution in [2.75, 3.05) is 38.5 Å². The lowest BCUT2D eigenvalue weighted by Gasteiger charge is -2.33. The summed E-state index contributed by atoms with van der Waals surface area (Å²) in [6.07, 6.45) is -0.00848. The predicted molar refractivity (Wildman–Crippen MR) is 136 cm³/mol. The molecule has 3 aromatic rings. The molecule has 0 saturated carbocycles. The molecule has 0 radical (unpaired) electrons. The third-order valence-corrected chi connectivity index (χ3v) is 6.69. The van der Waals surface area contributed by atoms with Crippen LogP contribution in [0.25, 0.3) is 11.4 Å². The highest BCUT2D eigenvalue weighted by Gasteiger charge is 2.22. The lowest BCUT2D eigenvalue weighted by atomic mass is 10.2. The van der Waals surface area contributed by atoms with Crippen LogP contribution in [-0.4, -0.2) is 70.2 Å². The number of nitrogens with one attached hydrogen (secondary N) is 1. The Morgan fingerprint density at radius 2 is 1.94 bits per heavy atom. The van der Waals surface area contributed by atoms with E-state index < -0.39 is 0 Å². The quantitative estimate of drug-likeness (QED) is 0.431. The van der Waals surface area contributed by atoms with Gasteiger partial charge in [-0.2, -0.15) is 0 Å². The third kappa shape index (κ3) is 7.13. The Kier molecular flexibility index (Phi) is 8.90. The molecule has 1 unspecified atom stereocenters. The minimum atomic E-state index is -0.359. The molecule has 1 amide bonds. The number of carbonyl (C=O) groups is 1. The molecule has 0 aliphatic carbocycles. The van der Waals surface area contributed by atoms with Crippen LogP contribution in [0.5, 0.6) is 0 Å². The molecule has 2 aromatic carbocycles. The molecular formula is C26H32FN5O2S. The first-order valence-corrected chi connectivity index (χ1v) is 12.9. The molecule has 35 heavy (non-hydrogen) atoms. The Balaban J connectivity index is 1.39. The van der Waals surface area contributed by atoms with E-state index >= 15 is 0 Å². The minimum Gasteiger partial charge on any atom is -0.374 e. The van der Waals surface area contributed by atoms with E-state index in [9.17, 15) is 9.18 Å². The van der Waals surface area contributed by atoms with Crippen LogP contribution in [0, 0.1) is 11.7 Å². The molecule has 1 aromatic heterocycles. The van der Waals surface area contributed by atoms with Gasteiger partial charge in [-0.25, -0.2) is 4.39 Å². The fourth-order valence-corrected chi connectivity index (χ4v) is 4.91. The monoisotopic (exact) mass is 497 g/mol. The molecule has 4 rings (SSSR count). The van der Waals surface area contributed by atoms with Crippen molar-refractivity contribution in [1.29, 1.82) is 0 Å². The van der Waals surface area contributed by atoms with Gasteiger partial charge < -0.3 is 10.1 Å². The second kappa shape index (κ2) is 12.3. The van der Waals surface area contributed by atoms with Crippen molar-refractivity contribution < 1.29 is 13.9 Å². The van der Waals surface area contributed by atoms with Gasteiger partial charge in [0, 0.05) is 26.2 Å². The third-order valence-electron chi connectivity index (χ3n) is 5.72. The first-order chi connectivity index (χ1) is 17.0. The summed E-state index contributed by atoms with van der Waals surface area (Å²) in [6, 6.07) is 16.4. The number of amides is 1. The lowest BCUT2D eigenvalue weighted by molar-refractivity contribution is -0.119. The van der Waals surface area contributed by atoms with E-state index in [0.29, 0.717) is 42.2 Å². The van der Waals surface area contributed by atoms with Gasteiger partial charge >= 0.3 is 0 Å². The first kappa shape index (κ1) is 25.3. The number of carbonyl (C=O) groups excluding carboxylic acids is 1. The van der Waals surface area contributed by atoms with Gasteiger partial charge in [0.25, 0.3) is 0 Å². The second-order valence-electron chi connectivity index (χ2n) is 9.10. The predicted octanol–water partition coefficient (Wildman–Crippen LogP) is 3.70. The summed E-state index contributed by atoms with van der Waals surface area (Å²) in [5.41, 5.74) is 1.42. The van der Waals surface area contributed by atoms with Crippen LogP contribution in [0.2, 0.25) is 0 Å². The number of halogens is 1. The highest BCUT2D eigenvalue weighted by atomic mass is 32.2. The van der Waals surface area contributed by atoms with Crippen molar-refractivity contribution in [1.82, 2.24) is 25.0 Å². The van der Waals surface area contributed by atoms with Gasteiger partial charge in [0.15, 0.2) is 11.0 Å². The molecule has 2 heterocycles. The Hall–Kier alpha value is -2.75. The van der Waals surface area contributed by atoms with Crippen LogP contribution in [-0.2, 0) is 16.1 Å². The summed E-state index contributed by atoms with van der Waals surface area (Å²) < 4.78 is 22.2. The number of aromatic nitrogens is 3. The van der Waals surface area contributed by atoms with Gasteiger partial charge in [0.2, 0.25) is 5.91 Å². The zero-order chi connectivity index (χ0) is 24.6. The van der Waals surface area contributed by atoms with Crippen molar-refractivity contribution in [3.63, 3.8) is 0 Å². The fraction of sp³-hybridized carbons (Fsp3) is 0.423. The lowest BCUT2D eigenvalue weighted by Crippen LogP contribution is -2.48. The van der Waals surface area contributed by atoms with Crippen LogP contribution >= 0.6 is 11.8 Å². The maximum Gasteiger partial charge on any atom is 0.230 e. The number of hydrogen-bond acceptors (Lipinski definition) is 6. The van der Waals surface area contributed by atoms with Crippen molar-refractivity contribution in [2.45, 2.75) is 31.7 Å². The number of benzene rings is 2. The SMILES string of the molecule is CC(C)CN1CCOC(CNC(=O)CSc2nnc(-c3ccccc3F)n2Cc2ccccc2)C1. The van der Waals surface area contributed by atoms with Crippen LogP contribution in [0.3, 0.4) is 0 Å². The van der Waals surface area contributed by atoms with E-state index in [2.05, 4.69) is 34.3 Å². The molecule has 1 saturated heterocycles. The fourth-order valence-electron chi connectivity index (χ4n) is 4.14. The van der Waals surface area contributed by atoms with E-state index in [0.717, 1.165) is 25.2 Å². The molecule has 1 atom stereocenters. The summed E-state index contributed by atoms with van der Waals surface area (Å²) in [5.74, 6) is 0.772. The van der Waals surface area contributed by atoms with E-state index in [1.807, 2.05) is 34.9 Å². The molecule has 7 nitrogen and oxygen atoms in total. The van der Waals surface area contributed by atoms with E-state index in [4.69, 9.17) is 4.74 Å². The van der Waals surface area contributed by atoms with Crippen LogP contribution in [0.15, 0.2) is 59.8 Å². The van der Waals surface area contributed by atoms with E-state index in [-0.39, 0.29) is 23.6 Å². The molecule has 1 aliphatic heterocycles. The van der Waals surface area contributed by atoms with E-state index in [1.165, 1.54) is 17.8 Å². The molecular weight excluding hydrogens is 465 g/mol. The van der Waals surface area contributed by atoms with Crippen LogP contribution in [0.4, 0.5) is 4.39 Å². The Labute approximate surface area is 210 Å². The topological polar surface area (TPSA) is 72.3 Å². The van der Waals surface area contributed by atoms with Gasteiger partial charge in [-0.05, 0) is 23.6 Å². The number of hydrogen-bond donors (Lipinski definition) is 1. The van der Waals surface area contributed by atoms with Crippen molar-refractivity contribution >= 4 is 17.7 Å². The van der Waals surface area contributed by atoms with Crippen LogP contribution < -0.4 is 5.32 Å². The van der Waals surface area contributed by atoms with E-state index in [1.54, 1.807) is 18.2 Å². The van der Waals surface area contributed by atoms with Gasteiger partial charge in [-0.3, -0.25) is 14.3 Å². The summed E-state index contributed by atoms with van der Waals surface area (Å²) in [5, 5.41) is 12.1. The molecule has 0 bridgehead atoms. The highest BCUT2D eigenvalue weighted by molar-refractivity contribution is 7.99. The molecule has 186 valence electrons. The van der Waals surface area contributed by atoms with Gasteiger partial charge in [-0.15, -0.1) is 10.2 Å². The standard InChI is InChI=1S/C26H32FN5O2S/c1-19(2)15-31-12-13-34-21(17-31)14-28-24(33)18-35-26-30-29-25(22-10-6-7-11-23(22)27)32(26)16-20-8-4-3-5-9-20/h3-11,19,21H,12-18H2,1-2H3,(H,28,33). The van der Waals surface area contributed by atoms with Gasteiger partial charge in [-0.1, -0.05) is 68.1 Å². The van der Waals surface area contributed by atoms with Gasteiger partial charge in [0.1, 0.15) is 5.82 Å². The molecule has 1 aliphatic rings. The van der Waals surface area contributed by atoms with Crippen LogP contribution in [0.1, 0.15) is 19.4 Å².